The summed E-state index contributed by atoms with van der Waals surface area (Å²) in [5.41, 5.74) is 8.09. The minimum absolute atomic E-state index is 0. The van der Waals surface area contributed by atoms with Crippen LogP contribution in [0.25, 0.3) is 0 Å². The van der Waals surface area contributed by atoms with Crippen molar-refractivity contribution in [1.29, 1.82) is 0 Å². The van der Waals surface area contributed by atoms with E-state index >= 15 is 0 Å². The van der Waals surface area contributed by atoms with E-state index in [1.165, 1.54) is 9.88 Å². The maximum absolute atomic E-state index is 5.93. The van der Waals surface area contributed by atoms with Crippen LogP contribution in [0.1, 0.15) is 65.6 Å². The van der Waals surface area contributed by atoms with Gasteiger partial charge in [0.05, 0.1) is 17.2 Å². The number of methoxy groups -OCH3 is 1. The molecule has 27 heavy (non-hydrogen) atoms. The van der Waals surface area contributed by atoms with E-state index in [0.717, 1.165) is 36.6 Å². The van der Waals surface area contributed by atoms with Crippen LogP contribution in [0.3, 0.4) is 0 Å². The largest absolute Gasteiger partial charge is 0.377 e. The van der Waals surface area contributed by atoms with Crippen LogP contribution in [0.15, 0.2) is 6.07 Å². The predicted octanol–water partition coefficient (Wildman–Crippen LogP) is 4.17. The number of nitrogens with two attached hydrogens (primary N) is 1. The Balaban J connectivity index is 0.00000182. The van der Waals surface area contributed by atoms with Crippen molar-refractivity contribution in [2.45, 2.75) is 64.6 Å². The summed E-state index contributed by atoms with van der Waals surface area (Å²) in [7, 11) is 1.66. The maximum Gasteiger partial charge on any atom is 0.156 e. The van der Waals surface area contributed by atoms with E-state index in [2.05, 4.69) is 47.1 Å². The second-order valence-corrected chi connectivity index (χ2v) is 8.14. The SMILES string of the molecule is COCc1nc(NCc2sc(C(C)C)nc2C)cc(C2CC(N)C2)n1.Cl.Cl. The molecule has 3 N–H and O–H groups in total. The van der Waals surface area contributed by atoms with Crippen molar-refractivity contribution < 1.29 is 4.74 Å². The first-order chi connectivity index (χ1) is 12.0. The Hall–Kier alpha value is -0.990. The van der Waals surface area contributed by atoms with E-state index in [9.17, 15) is 0 Å². The summed E-state index contributed by atoms with van der Waals surface area (Å²) in [5.74, 6) is 2.45. The van der Waals surface area contributed by atoms with Gasteiger partial charge < -0.3 is 15.8 Å². The van der Waals surface area contributed by atoms with Crippen molar-refractivity contribution in [3.05, 3.63) is 33.2 Å². The first-order valence-corrected chi connectivity index (χ1v) is 9.60. The van der Waals surface area contributed by atoms with Gasteiger partial charge in [-0.3, -0.25) is 0 Å². The van der Waals surface area contributed by atoms with Crippen molar-refractivity contribution in [3.63, 3.8) is 0 Å². The minimum Gasteiger partial charge on any atom is -0.377 e. The van der Waals surface area contributed by atoms with Crippen LogP contribution in [0.5, 0.6) is 0 Å². The van der Waals surface area contributed by atoms with Crippen LogP contribution >= 0.6 is 36.2 Å². The third-order valence-electron chi connectivity index (χ3n) is 4.49. The predicted molar refractivity (Wildman–Crippen MR) is 115 cm³/mol. The number of hydrogen-bond donors (Lipinski definition) is 2. The van der Waals surface area contributed by atoms with Gasteiger partial charge in [0.25, 0.3) is 0 Å². The Morgan fingerprint density at radius 1 is 1.26 bits per heavy atom. The monoisotopic (exact) mass is 433 g/mol. The molecule has 1 aliphatic rings. The van der Waals surface area contributed by atoms with Gasteiger partial charge >= 0.3 is 0 Å². The molecule has 1 aliphatic carbocycles. The molecule has 2 aromatic rings. The lowest BCUT2D eigenvalue weighted by Crippen LogP contribution is -2.35. The summed E-state index contributed by atoms with van der Waals surface area (Å²) in [4.78, 5) is 15.1. The summed E-state index contributed by atoms with van der Waals surface area (Å²) in [6.45, 7) is 7.55. The lowest BCUT2D eigenvalue weighted by molar-refractivity contribution is 0.177. The number of thiazole rings is 1. The number of halogens is 2. The fourth-order valence-corrected chi connectivity index (χ4v) is 3.96. The molecule has 6 nitrogen and oxygen atoms in total. The number of hydrogen-bond acceptors (Lipinski definition) is 7. The quantitative estimate of drug-likeness (QED) is 0.680. The normalized spacial score (nSPS) is 18.4. The first-order valence-electron chi connectivity index (χ1n) is 8.78. The average Bonchev–Trinajstić information content (AvgIpc) is 2.91. The van der Waals surface area contributed by atoms with E-state index in [1.807, 2.05) is 0 Å². The van der Waals surface area contributed by atoms with E-state index < -0.39 is 0 Å². The second kappa shape index (κ2) is 10.5. The number of rotatable bonds is 7. The van der Waals surface area contributed by atoms with Gasteiger partial charge in [-0.25, -0.2) is 15.0 Å². The van der Waals surface area contributed by atoms with Gasteiger partial charge in [0.15, 0.2) is 5.82 Å². The number of aryl methyl sites for hydroxylation is 1. The Labute approximate surface area is 177 Å². The molecule has 0 aromatic carbocycles. The van der Waals surface area contributed by atoms with E-state index in [4.69, 9.17) is 10.5 Å². The van der Waals surface area contributed by atoms with Gasteiger partial charge in [0, 0.05) is 41.6 Å². The van der Waals surface area contributed by atoms with Gasteiger partial charge in [-0.15, -0.1) is 36.2 Å². The summed E-state index contributed by atoms with van der Waals surface area (Å²) in [6.07, 6.45) is 1.99. The molecule has 0 amide bonds. The molecule has 0 atom stereocenters. The maximum atomic E-state index is 5.93. The lowest BCUT2D eigenvalue weighted by atomic mass is 9.78. The highest BCUT2D eigenvalue weighted by Crippen LogP contribution is 2.35. The molecule has 0 unspecified atom stereocenters. The van der Waals surface area contributed by atoms with Crippen molar-refractivity contribution in [1.82, 2.24) is 15.0 Å². The molecule has 2 aromatic heterocycles. The molecule has 0 bridgehead atoms. The number of anilines is 1. The van der Waals surface area contributed by atoms with Gasteiger partial charge in [0.2, 0.25) is 0 Å². The number of aromatic nitrogens is 3. The van der Waals surface area contributed by atoms with E-state index in [1.54, 1.807) is 18.4 Å². The molecule has 0 spiro atoms. The van der Waals surface area contributed by atoms with Crippen LogP contribution in [-0.2, 0) is 17.9 Å². The summed E-state index contributed by atoms with van der Waals surface area (Å²) in [6, 6.07) is 2.35. The molecule has 0 aliphatic heterocycles. The lowest BCUT2D eigenvalue weighted by Gasteiger charge is -2.32. The number of nitrogens with one attached hydrogen (secondary N) is 1. The topological polar surface area (TPSA) is 86.0 Å². The smallest absolute Gasteiger partial charge is 0.156 e. The Morgan fingerprint density at radius 3 is 2.52 bits per heavy atom. The highest BCUT2D eigenvalue weighted by atomic mass is 35.5. The average molecular weight is 434 g/mol. The van der Waals surface area contributed by atoms with Crippen molar-refractivity contribution in [2.75, 3.05) is 12.4 Å². The zero-order valence-electron chi connectivity index (χ0n) is 16.2. The molecule has 3 rings (SSSR count). The van der Waals surface area contributed by atoms with Crippen LogP contribution in [-0.4, -0.2) is 28.1 Å². The van der Waals surface area contributed by atoms with Crippen LogP contribution in [0, 0.1) is 6.92 Å². The fourth-order valence-electron chi connectivity index (χ4n) is 2.95. The molecule has 0 radical (unpaired) electrons. The molecule has 2 heterocycles. The van der Waals surface area contributed by atoms with Crippen LogP contribution < -0.4 is 11.1 Å². The van der Waals surface area contributed by atoms with Crippen LogP contribution in [0.2, 0.25) is 0 Å². The molecular formula is C18H29Cl2N5OS. The summed E-state index contributed by atoms with van der Waals surface area (Å²) >= 11 is 1.77. The standard InChI is InChI=1S/C18H27N5OS.2ClH/c1-10(2)18-21-11(3)15(25-18)8-20-16-7-14(12-5-13(19)6-12)22-17(23-16)9-24-4;;/h7,10,12-13H,5-6,8-9,19H2,1-4H3,(H,20,22,23);2*1H. The number of ether oxygens (including phenoxy) is 1. The van der Waals surface area contributed by atoms with Gasteiger partial charge in [-0.05, 0) is 19.8 Å². The zero-order chi connectivity index (χ0) is 18.0. The first kappa shape index (κ1) is 24.0. The van der Waals surface area contributed by atoms with Crippen molar-refractivity contribution in [3.8, 4) is 0 Å². The van der Waals surface area contributed by atoms with Crippen molar-refractivity contribution in [2.24, 2.45) is 5.73 Å². The van der Waals surface area contributed by atoms with Crippen molar-refractivity contribution >= 4 is 42.0 Å². The fraction of sp³-hybridized carbons (Fsp3) is 0.611. The summed E-state index contributed by atoms with van der Waals surface area (Å²) in [5, 5.41) is 4.62. The summed E-state index contributed by atoms with van der Waals surface area (Å²) < 4.78 is 5.22. The molecule has 1 saturated carbocycles. The molecule has 152 valence electrons. The highest BCUT2D eigenvalue weighted by Gasteiger charge is 2.29. The Morgan fingerprint density at radius 2 is 1.96 bits per heavy atom. The third-order valence-corrected chi connectivity index (χ3v) is 5.95. The third kappa shape index (κ3) is 5.99. The highest BCUT2D eigenvalue weighted by molar-refractivity contribution is 7.11. The Kier molecular flexibility index (Phi) is 9.38. The van der Waals surface area contributed by atoms with Gasteiger partial charge in [-0.2, -0.15) is 0 Å². The van der Waals surface area contributed by atoms with E-state index in [-0.39, 0.29) is 24.8 Å². The molecule has 9 heteroatoms. The minimum atomic E-state index is 0. The number of nitrogens with zero attached hydrogens (tertiary/aromatic N) is 3. The van der Waals surface area contributed by atoms with Gasteiger partial charge in [0.1, 0.15) is 12.4 Å². The second-order valence-electron chi connectivity index (χ2n) is 7.02. The molecular weight excluding hydrogens is 405 g/mol. The zero-order valence-corrected chi connectivity index (χ0v) is 18.6. The van der Waals surface area contributed by atoms with Gasteiger partial charge in [-0.1, -0.05) is 13.8 Å². The molecule has 1 fully saturated rings. The van der Waals surface area contributed by atoms with E-state index in [0.29, 0.717) is 30.3 Å². The molecule has 0 saturated heterocycles. The Bertz CT molecular complexity index is 735. The van der Waals surface area contributed by atoms with Crippen LogP contribution in [0.4, 0.5) is 5.82 Å².